The second kappa shape index (κ2) is 7.77. The Balaban J connectivity index is 2.40. The predicted molar refractivity (Wildman–Crippen MR) is 69.3 cm³/mol. The molecule has 19 heavy (non-hydrogen) atoms. The molecule has 0 radical (unpaired) electrons. The van der Waals surface area contributed by atoms with Crippen molar-refractivity contribution in [2.24, 2.45) is 0 Å². The lowest BCUT2D eigenvalue weighted by Gasteiger charge is -2.13. The van der Waals surface area contributed by atoms with E-state index < -0.39 is 18.1 Å². The highest BCUT2D eigenvalue weighted by atomic mass is 16.5. The first-order valence-electron chi connectivity index (χ1n) is 5.77. The SMILES string of the molecule is C#CCCC(NC(=O)OCc1ccccc1)C(=O)O. The summed E-state index contributed by atoms with van der Waals surface area (Å²) in [6.07, 6.45) is 4.73. The van der Waals surface area contributed by atoms with Gasteiger partial charge in [-0.15, -0.1) is 12.3 Å². The summed E-state index contributed by atoms with van der Waals surface area (Å²) < 4.78 is 4.92. The van der Waals surface area contributed by atoms with Gasteiger partial charge in [-0.2, -0.15) is 0 Å². The minimum atomic E-state index is -1.13. The first-order chi connectivity index (χ1) is 9.13. The summed E-state index contributed by atoms with van der Waals surface area (Å²) in [7, 11) is 0. The van der Waals surface area contributed by atoms with Gasteiger partial charge in [0, 0.05) is 6.42 Å². The van der Waals surface area contributed by atoms with Crippen LogP contribution in [0.15, 0.2) is 30.3 Å². The number of hydrogen-bond donors (Lipinski definition) is 2. The number of terminal acetylenes is 1. The molecule has 0 saturated carbocycles. The highest BCUT2D eigenvalue weighted by Gasteiger charge is 2.19. The Hall–Kier alpha value is -2.48. The zero-order valence-corrected chi connectivity index (χ0v) is 10.3. The van der Waals surface area contributed by atoms with Gasteiger partial charge >= 0.3 is 12.1 Å². The van der Waals surface area contributed by atoms with E-state index in [2.05, 4.69) is 11.2 Å². The van der Waals surface area contributed by atoms with Crippen LogP contribution in [0.25, 0.3) is 0 Å². The molecule has 1 aromatic carbocycles. The predicted octanol–water partition coefficient (Wildman–Crippen LogP) is 1.78. The molecule has 0 bridgehead atoms. The Morgan fingerprint density at radius 3 is 2.63 bits per heavy atom. The van der Waals surface area contributed by atoms with E-state index in [1.807, 2.05) is 18.2 Å². The Bertz CT molecular complexity index is 464. The molecule has 100 valence electrons. The Morgan fingerprint density at radius 1 is 1.37 bits per heavy atom. The van der Waals surface area contributed by atoms with Crippen molar-refractivity contribution in [3.05, 3.63) is 35.9 Å². The smallest absolute Gasteiger partial charge is 0.408 e. The average molecular weight is 261 g/mol. The molecule has 0 aliphatic rings. The average Bonchev–Trinajstić information content (AvgIpc) is 2.42. The van der Waals surface area contributed by atoms with Crippen LogP contribution in [0, 0.1) is 12.3 Å². The van der Waals surface area contributed by atoms with E-state index in [1.54, 1.807) is 12.1 Å². The van der Waals surface area contributed by atoms with Crippen LogP contribution in [0.1, 0.15) is 18.4 Å². The van der Waals surface area contributed by atoms with Crippen LogP contribution < -0.4 is 5.32 Å². The largest absolute Gasteiger partial charge is 0.480 e. The van der Waals surface area contributed by atoms with E-state index in [0.29, 0.717) is 0 Å². The highest BCUT2D eigenvalue weighted by molar-refractivity contribution is 5.79. The fraction of sp³-hybridized carbons (Fsp3) is 0.286. The Labute approximate surface area is 111 Å². The van der Waals surface area contributed by atoms with Crippen LogP contribution in [0.5, 0.6) is 0 Å². The molecule has 1 atom stereocenters. The molecule has 1 amide bonds. The first-order valence-corrected chi connectivity index (χ1v) is 5.77. The van der Waals surface area contributed by atoms with Crippen molar-refractivity contribution in [1.29, 1.82) is 0 Å². The maximum Gasteiger partial charge on any atom is 0.408 e. The molecule has 5 nitrogen and oxygen atoms in total. The molecule has 0 fully saturated rings. The number of rotatable bonds is 6. The van der Waals surface area contributed by atoms with Crippen LogP contribution in [0.3, 0.4) is 0 Å². The standard InChI is InChI=1S/C14H15NO4/c1-2-3-9-12(13(16)17)15-14(18)19-10-11-7-5-4-6-8-11/h1,4-8,12H,3,9-10H2,(H,15,18)(H,16,17). The third-order valence-corrected chi connectivity index (χ3v) is 2.38. The van der Waals surface area contributed by atoms with Gasteiger partial charge in [0.2, 0.25) is 0 Å². The van der Waals surface area contributed by atoms with E-state index in [-0.39, 0.29) is 19.4 Å². The summed E-state index contributed by atoms with van der Waals surface area (Å²) in [6, 6.07) is 8.08. The fourth-order valence-corrected chi connectivity index (χ4v) is 1.39. The molecule has 0 saturated heterocycles. The summed E-state index contributed by atoms with van der Waals surface area (Å²) in [5.41, 5.74) is 0.827. The molecular formula is C14H15NO4. The van der Waals surface area contributed by atoms with E-state index in [0.717, 1.165) is 5.56 Å². The molecule has 1 rings (SSSR count). The molecule has 1 aromatic rings. The van der Waals surface area contributed by atoms with Gasteiger partial charge in [-0.1, -0.05) is 30.3 Å². The van der Waals surface area contributed by atoms with E-state index in [1.165, 1.54) is 0 Å². The van der Waals surface area contributed by atoms with Crippen molar-refractivity contribution in [2.45, 2.75) is 25.5 Å². The number of carbonyl (C=O) groups excluding carboxylic acids is 1. The van der Waals surface area contributed by atoms with Crippen molar-refractivity contribution in [2.75, 3.05) is 0 Å². The van der Waals surface area contributed by atoms with E-state index in [9.17, 15) is 9.59 Å². The third kappa shape index (κ3) is 5.59. The zero-order chi connectivity index (χ0) is 14.1. The van der Waals surface area contributed by atoms with Crippen LogP contribution >= 0.6 is 0 Å². The first kappa shape index (κ1) is 14.6. The maximum absolute atomic E-state index is 11.4. The second-order valence-corrected chi connectivity index (χ2v) is 3.84. The van der Waals surface area contributed by atoms with Gasteiger partial charge in [-0.3, -0.25) is 0 Å². The number of hydrogen-bond acceptors (Lipinski definition) is 3. The molecule has 0 heterocycles. The minimum absolute atomic E-state index is 0.0914. The number of nitrogens with one attached hydrogen (secondary N) is 1. The van der Waals surface area contributed by atoms with Gasteiger partial charge in [0.15, 0.2) is 0 Å². The van der Waals surface area contributed by atoms with Crippen LogP contribution in [0.2, 0.25) is 0 Å². The lowest BCUT2D eigenvalue weighted by molar-refractivity contribution is -0.139. The van der Waals surface area contributed by atoms with Crippen molar-refractivity contribution >= 4 is 12.1 Å². The number of carbonyl (C=O) groups is 2. The summed E-state index contributed by atoms with van der Waals surface area (Å²) in [4.78, 5) is 22.3. The lowest BCUT2D eigenvalue weighted by Crippen LogP contribution is -2.40. The fourth-order valence-electron chi connectivity index (χ4n) is 1.39. The van der Waals surface area contributed by atoms with Crippen LogP contribution in [-0.2, 0) is 16.1 Å². The molecule has 2 N–H and O–H groups in total. The van der Waals surface area contributed by atoms with Gasteiger partial charge in [0.1, 0.15) is 12.6 Å². The van der Waals surface area contributed by atoms with Gasteiger partial charge in [-0.25, -0.2) is 9.59 Å². The van der Waals surface area contributed by atoms with Crippen molar-refractivity contribution in [3.8, 4) is 12.3 Å². The molecule has 0 aromatic heterocycles. The number of aliphatic carboxylic acids is 1. The molecule has 0 aliphatic heterocycles. The monoisotopic (exact) mass is 261 g/mol. The Morgan fingerprint density at radius 2 is 2.05 bits per heavy atom. The summed E-state index contributed by atoms with van der Waals surface area (Å²) in [6.45, 7) is 0.0914. The lowest BCUT2D eigenvalue weighted by atomic mass is 10.1. The van der Waals surface area contributed by atoms with Crippen molar-refractivity contribution in [1.82, 2.24) is 5.32 Å². The molecule has 5 heteroatoms. The normalized spacial score (nSPS) is 11.1. The van der Waals surface area contributed by atoms with Gasteiger partial charge in [0.05, 0.1) is 0 Å². The minimum Gasteiger partial charge on any atom is -0.480 e. The number of benzene rings is 1. The number of carboxylic acid groups (broad SMARTS) is 1. The number of alkyl carbamates (subject to hydrolysis) is 1. The number of ether oxygens (including phenoxy) is 1. The van der Waals surface area contributed by atoms with Gasteiger partial charge in [0.25, 0.3) is 0 Å². The van der Waals surface area contributed by atoms with Crippen molar-refractivity contribution < 1.29 is 19.4 Å². The van der Waals surface area contributed by atoms with Gasteiger partial charge < -0.3 is 15.2 Å². The topological polar surface area (TPSA) is 75.6 Å². The summed E-state index contributed by atoms with van der Waals surface area (Å²) >= 11 is 0. The molecule has 0 aliphatic carbocycles. The zero-order valence-electron chi connectivity index (χ0n) is 10.3. The molecular weight excluding hydrogens is 246 g/mol. The number of amides is 1. The Kier molecular flexibility index (Phi) is 5.96. The molecule has 0 spiro atoms. The summed E-state index contributed by atoms with van der Waals surface area (Å²) in [5.74, 6) is 1.20. The van der Waals surface area contributed by atoms with Crippen LogP contribution in [0.4, 0.5) is 4.79 Å². The highest BCUT2D eigenvalue weighted by Crippen LogP contribution is 2.02. The van der Waals surface area contributed by atoms with E-state index in [4.69, 9.17) is 16.3 Å². The maximum atomic E-state index is 11.4. The molecule has 1 unspecified atom stereocenters. The van der Waals surface area contributed by atoms with Crippen LogP contribution in [-0.4, -0.2) is 23.2 Å². The summed E-state index contributed by atoms with van der Waals surface area (Å²) in [5, 5.41) is 11.2. The second-order valence-electron chi connectivity index (χ2n) is 3.84. The van der Waals surface area contributed by atoms with Crippen molar-refractivity contribution in [3.63, 3.8) is 0 Å². The quantitative estimate of drug-likeness (QED) is 0.765. The van der Waals surface area contributed by atoms with Gasteiger partial charge in [-0.05, 0) is 12.0 Å². The van der Waals surface area contributed by atoms with E-state index >= 15 is 0 Å². The third-order valence-electron chi connectivity index (χ3n) is 2.38. The number of carboxylic acids is 1.